The molecule has 6 heteroatoms. The molecule has 2 amide bonds. The van der Waals surface area contributed by atoms with Crippen molar-refractivity contribution in [3.8, 4) is 0 Å². The summed E-state index contributed by atoms with van der Waals surface area (Å²) in [6.07, 6.45) is 0.0894. The minimum absolute atomic E-state index is 0.0894. The van der Waals surface area contributed by atoms with E-state index in [9.17, 15) is 9.59 Å². The highest BCUT2D eigenvalue weighted by Crippen LogP contribution is 2.33. The fraction of sp³-hybridized carbons (Fsp3) is 0.176. The van der Waals surface area contributed by atoms with Crippen LogP contribution in [0.2, 0.25) is 10.0 Å². The third-order valence-corrected chi connectivity index (χ3v) is 4.31. The molecule has 0 bridgehead atoms. The molecule has 1 unspecified atom stereocenters. The van der Waals surface area contributed by atoms with Crippen LogP contribution < -0.4 is 10.2 Å². The maximum Gasteiger partial charge on any atom is 0.256 e. The lowest BCUT2D eigenvalue weighted by molar-refractivity contribution is -0.121. The number of nitrogens with zero attached hydrogens (tertiary/aromatic N) is 1. The van der Waals surface area contributed by atoms with E-state index in [1.165, 1.54) is 6.07 Å². The van der Waals surface area contributed by atoms with Gasteiger partial charge in [0.25, 0.3) is 5.91 Å². The Morgan fingerprint density at radius 3 is 2.57 bits per heavy atom. The van der Waals surface area contributed by atoms with Gasteiger partial charge in [0, 0.05) is 10.7 Å². The minimum Gasteiger partial charge on any atom is -0.373 e. The van der Waals surface area contributed by atoms with Crippen LogP contribution in [0.3, 0.4) is 0 Å². The van der Waals surface area contributed by atoms with E-state index in [1.807, 2.05) is 31.2 Å². The predicted octanol–water partition coefficient (Wildman–Crippen LogP) is 4.05. The van der Waals surface area contributed by atoms with Gasteiger partial charge in [0.15, 0.2) is 0 Å². The van der Waals surface area contributed by atoms with E-state index in [0.29, 0.717) is 10.7 Å². The Morgan fingerprint density at radius 2 is 1.87 bits per heavy atom. The fourth-order valence-electron chi connectivity index (χ4n) is 2.58. The summed E-state index contributed by atoms with van der Waals surface area (Å²) in [6.45, 7) is 1.94. The monoisotopic (exact) mass is 348 g/mol. The third kappa shape index (κ3) is 3.05. The Balaban J connectivity index is 1.87. The molecule has 2 aromatic rings. The van der Waals surface area contributed by atoms with Crippen molar-refractivity contribution in [2.45, 2.75) is 19.4 Å². The lowest BCUT2D eigenvalue weighted by Gasteiger charge is -2.18. The number of amides is 2. The zero-order valence-corrected chi connectivity index (χ0v) is 13.9. The second kappa shape index (κ2) is 6.22. The first kappa shape index (κ1) is 15.8. The van der Waals surface area contributed by atoms with Gasteiger partial charge in [-0.2, -0.15) is 0 Å². The summed E-state index contributed by atoms with van der Waals surface area (Å²) in [6, 6.07) is 11.7. The van der Waals surface area contributed by atoms with E-state index in [0.717, 1.165) is 16.2 Å². The lowest BCUT2D eigenvalue weighted by Crippen LogP contribution is -2.35. The zero-order valence-electron chi connectivity index (χ0n) is 12.3. The third-order valence-electron chi connectivity index (χ3n) is 3.77. The molecule has 118 valence electrons. The first-order valence-corrected chi connectivity index (χ1v) is 7.87. The first-order valence-electron chi connectivity index (χ1n) is 7.11. The number of benzene rings is 2. The molecule has 1 fully saturated rings. The lowest BCUT2D eigenvalue weighted by atomic mass is 10.1. The molecule has 0 radical (unpaired) electrons. The van der Waals surface area contributed by atoms with Gasteiger partial charge in [0.2, 0.25) is 5.91 Å². The summed E-state index contributed by atoms with van der Waals surface area (Å²) >= 11 is 12.0. The number of hydrogen-bond acceptors (Lipinski definition) is 3. The molecule has 1 atom stereocenters. The molecule has 3 rings (SSSR count). The zero-order chi connectivity index (χ0) is 16.6. The van der Waals surface area contributed by atoms with Crippen LogP contribution >= 0.6 is 23.2 Å². The summed E-state index contributed by atoms with van der Waals surface area (Å²) in [5.74, 6) is -0.604. The van der Waals surface area contributed by atoms with Gasteiger partial charge in [-0.3, -0.25) is 9.59 Å². The highest BCUT2D eigenvalue weighted by atomic mass is 35.5. The Kier molecular flexibility index (Phi) is 4.28. The number of anilines is 2. The number of aryl methyl sites for hydroxylation is 1. The van der Waals surface area contributed by atoms with Crippen LogP contribution in [0.5, 0.6) is 0 Å². The number of halogens is 2. The first-order chi connectivity index (χ1) is 11.0. The maximum atomic E-state index is 12.6. The standard InChI is InChI=1S/C17H14Cl2N2O2/c1-10-4-2-3-5-13(10)20-14-9-16(22)21(17(14)23)15-7-6-11(18)8-12(15)19/h2-8,14,20H,9H2,1H3. The minimum atomic E-state index is -0.602. The molecule has 0 aliphatic carbocycles. The Morgan fingerprint density at radius 1 is 1.13 bits per heavy atom. The van der Waals surface area contributed by atoms with E-state index in [2.05, 4.69) is 5.32 Å². The van der Waals surface area contributed by atoms with Gasteiger partial charge in [-0.1, -0.05) is 41.4 Å². The van der Waals surface area contributed by atoms with Crippen molar-refractivity contribution in [3.05, 3.63) is 58.1 Å². The second-order valence-electron chi connectivity index (χ2n) is 5.38. The smallest absolute Gasteiger partial charge is 0.256 e. The molecule has 1 aliphatic heterocycles. The number of imide groups is 1. The van der Waals surface area contributed by atoms with E-state index in [-0.39, 0.29) is 23.3 Å². The molecule has 1 N–H and O–H groups in total. The number of rotatable bonds is 3. The van der Waals surface area contributed by atoms with Crippen molar-refractivity contribution in [1.82, 2.24) is 0 Å². The van der Waals surface area contributed by atoms with Crippen LogP contribution in [0.25, 0.3) is 0 Å². The Labute approximate surface area is 144 Å². The van der Waals surface area contributed by atoms with Crippen molar-refractivity contribution in [1.29, 1.82) is 0 Å². The largest absolute Gasteiger partial charge is 0.373 e. The van der Waals surface area contributed by atoms with E-state index in [4.69, 9.17) is 23.2 Å². The predicted molar refractivity (Wildman–Crippen MR) is 92.2 cm³/mol. The highest BCUT2D eigenvalue weighted by Gasteiger charge is 2.40. The molecule has 0 spiro atoms. The van der Waals surface area contributed by atoms with Crippen LogP contribution in [0, 0.1) is 6.92 Å². The Hall–Kier alpha value is -2.04. The number of para-hydroxylation sites is 1. The Bertz CT molecular complexity index is 792. The molecule has 4 nitrogen and oxygen atoms in total. The van der Waals surface area contributed by atoms with Gasteiger partial charge in [0.1, 0.15) is 6.04 Å². The number of carbonyl (C=O) groups excluding carboxylic acids is 2. The van der Waals surface area contributed by atoms with Crippen LogP contribution in [-0.2, 0) is 9.59 Å². The van der Waals surface area contributed by atoms with Crippen molar-refractivity contribution in [2.75, 3.05) is 10.2 Å². The number of nitrogens with one attached hydrogen (secondary N) is 1. The maximum absolute atomic E-state index is 12.6. The van der Waals surface area contributed by atoms with E-state index < -0.39 is 6.04 Å². The van der Waals surface area contributed by atoms with Crippen molar-refractivity contribution in [3.63, 3.8) is 0 Å². The van der Waals surface area contributed by atoms with Crippen LogP contribution in [0.1, 0.15) is 12.0 Å². The SMILES string of the molecule is Cc1ccccc1NC1CC(=O)N(c2ccc(Cl)cc2Cl)C1=O. The molecule has 1 saturated heterocycles. The van der Waals surface area contributed by atoms with Crippen molar-refractivity contribution >= 4 is 46.4 Å². The molecule has 23 heavy (non-hydrogen) atoms. The van der Waals surface area contributed by atoms with Gasteiger partial charge >= 0.3 is 0 Å². The molecule has 0 aromatic heterocycles. The molecule has 2 aromatic carbocycles. The summed E-state index contributed by atoms with van der Waals surface area (Å²) in [7, 11) is 0. The summed E-state index contributed by atoms with van der Waals surface area (Å²) in [4.78, 5) is 26.0. The van der Waals surface area contributed by atoms with Gasteiger partial charge in [-0.25, -0.2) is 4.90 Å². The van der Waals surface area contributed by atoms with E-state index in [1.54, 1.807) is 12.1 Å². The van der Waals surface area contributed by atoms with Crippen molar-refractivity contribution < 1.29 is 9.59 Å². The molecular formula is C17H14Cl2N2O2. The van der Waals surface area contributed by atoms with E-state index >= 15 is 0 Å². The quantitative estimate of drug-likeness (QED) is 0.851. The van der Waals surface area contributed by atoms with Gasteiger partial charge < -0.3 is 5.32 Å². The number of hydrogen-bond donors (Lipinski definition) is 1. The van der Waals surface area contributed by atoms with Gasteiger partial charge in [0.05, 0.1) is 17.1 Å². The average molecular weight is 349 g/mol. The second-order valence-corrected chi connectivity index (χ2v) is 6.22. The molecule has 1 heterocycles. The van der Waals surface area contributed by atoms with Crippen LogP contribution in [0.4, 0.5) is 11.4 Å². The van der Waals surface area contributed by atoms with Crippen molar-refractivity contribution in [2.24, 2.45) is 0 Å². The molecular weight excluding hydrogens is 335 g/mol. The average Bonchev–Trinajstić information content (AvgIpc) is 2.77. The highest BCUT2D eigenvalue weighted by molar-refractivity contribution is 6.38. The van der Waals surface area contributed by atoms with Gasteiger partial charge in [-0.15, -0.1) is 0 Å². The topological polar surface area (TPSA) is 49.4 Å². The molecule has 1 aliphatic rings. The normalized spacial score (nSPS) is 17.7. The van der Waals surface area contributed by atoms with Gasteiger partial charge in [-0.05, 0) is 36.8 Å². The summed E-state index contributed by atoms with van der Waals surface area (Å²) < 4.78 is 0. The summed E-state index contributed by atoms with van der Waals surface area (Å²) in [5, 5.41) is 3.86. The van der Waals surface area contributed by atoms with Crippen LogP contribution in [-0.4, -0.2) is 17.9 Å². The fourth-order valence-corrected chi connectivity index (χ4v) is 3.08. The molecule has 0 saturated carbocycles. The van der Waals surface area contributed by atoms with Crippen LogP contribution in [0.15, 0.2) is 42.5 Å². The summed E-state index contributed by atoms with van der Waals surface area (Å²) in [5.41, 5.74) is 2.21. The number of carbonyl (C=O) groups is 2.